The van der Waals surface area contributed by atoms with Crippen molar-refractivity contribution in [3.63, 3.8) is 0 Å². The molecule has 1 amide bonds. The Bertz CT molecular complexity index is 353. The van der Waals surface area contributed by atoms with Crippen molar-refractivity contribution in [3.05, 3.63) is 35.6 Å². The molecule has 0 heterocycles. The molecule has 0 aromatic heterocycles. The van der Waals surface area contributed by atoms with Crippen LogP contribution < -0.4 is 5.32 Å². The van der Waals surface area contributed by atoms with Crippen LogP contribution in [-0.2, 0) is 11.2 Å². The van der Waals surface area contributed by atoms with E-state index in [4.69, 9.17) is 0 Å². The number of likely N-dealkylation sites (N-methyl/N-ethyl adjacent to an activating group) is 1. The van der Waals surface area contributed by atoms with Crippen molar-refractivity contribution in [3.8, 4) is 0 Å². The zero-order chi connectivity index (χ0) is 12.0. The number of hydrogen-bond donors (Lipinski definition) is 1. The maximum atomic E-state index is 12.8. The molecule has 0 spiro atoms. The average molecular weight is 224 g/mol. The molecule has 0 radical (unpaired) electrons. The minimum Gasteiger partial charge on any atom is -0.355 e. The summed E-state index contributed by atoms with van der Waals surface area (Å²) in [7, 11) is 3.89. The van der Waals surface area contributed by atoms with Gasteiger partial charge in [0, 0.05) is 13.1 Å². The average Bonchev–Trinajstić information content (AvgIpc) is 2.16. The number of amides is 1. The topological polar surface area (TPSA) is 32.3 Å². The third-order valence-electron chi connectivity index (χ3n) is 2.13. The Morgan fingerprint density at radius 2 is 2.19 bits per heavy atom. The number of benzene rings is 1. The standard InChI is InChI=1S/C12H17FN2O/c1-15(2)7-6-14-12(16)9-10-4-3-5-11(13)8-10/h3-5,8H,6-7,9H2,1-2H3,(H,14,16). The highest BCUT2D eigenvalue weighted by Crippen LogP contribution is 2.03. The van der Waals surface area contributed by atoms with Crippen LogP contribution in [0.5, 0.6) is 0 Å². The van der Waals surface area contributed by atoms with Gasteiger partial charge in [-0.2, -0.15) is 0 Å². The zero-order valence-electron chi connectivity index (χ0n) is 9.66. The van der Waals surface area contributed by atoms with Gasteiger partial charge in [0.1, 0.15) is 5.82 Å². The number of nitrogens with one attached hydrogen (secondary N) is 1. The summed E-state index contributed by atoms with van der Waals surface area (Å²) >= 11 is 0. The van der Waals surface area contributed by atoms with E-state index in [1.165, 1.54) is 12.1 Å². The predicted molar refractivity (Wildman–Crippen MR) is 61.7 cm³/mol. The largest absolute Gasteiger partial charge is 0.355 e. The number of hydrogen-bond acceptors (Lipinski definition) is 2. The lowest BCUT2D eigenvalue weighted by molar-refractivity contribution is -0.120. The fourth-order valence-electron chi connectivity index (χ4n) is 1.31. The molecule has 16 heavy (non-hydrogen) atoms. The lowest BCUT2D eigenvalue weighted by atomic mass is 10.1. The van der Waals surface area contributed by atoms with Gasteiger partial charge in [0.15, 0.2) is 0 Å². The SMILES string of the molecule is CN(C)CCNC(=O)Cc1cccc(F)c1. The fourth-order valence-corrected chi connectivity index (χ4v) is 1.31. The van der Waals surface area contributed by atoms with Gasteiger partial charge in [0.2, 0.25) is 5.91 Å². The number of carbonyl (C=O) groups excluding carboxylic acids is 1. The highest BCUT2D eigenvalue weighted by Gasteiger charge is 2.03. The van der Waals surface area contributed by atoms with Gasteiger partial charge in [0.25, 0.3) is 0 Å². The molecule has 1 rings (SSSR count). The van der Waals surface area contributed by atoms with Gasteiger partial charge in [0.05, 0.1) is 6.42 Å². The van der Waals surface area contributed by atoms with Gasteiger partial charge in [-0.25, -0.2) is 4.39 Å². The molecule has 0 saturated carbocycles. The lowest BCUT2D eigenvalue weighted by Gasteiger charge is -2.10. The van der Waals surface area contributed by atoms with E-state index in [0.29, 0.717) is 12.1 Å². The molecule has 0 unspecified atom stereocenters. The van der Waals surface area contributed by atoms with Crippen LogP contribution in [0.15, 0.2) is 24.3 Å². The zero-order valence-corrected chi connectivity index (χ0v) is 9.66. The summed E-state index contributed by atoms with van der Waals surface area (Å²) < 4.78 is 12.8. The van der Waals surface area contributed by atoms with Crippen molar-refractivity contribution in [1.82, 2.24) is 10.2 Å². The Hall–Kier alpha value is -1.42. The van der Waals surface area contributed by atoms with E-state index in [9.17, 15) is 9.18 Å². The molecule has 3 nitrogen and oxygen atoms in total. The van der Waals surface area contributed by atoms with Crippen molar-refractivity contribution in [1.29, 1.82) is 0 Å². The monoisotopic (exact) mass is 224 g/mol. The predicted octanol–water partition coefficient (Wildman–Crippen LogP) is 1.05. The quantitative estimate of drug-likeness (QED) is 0.810. The minimum absolute atomic E-state index is 0.0764. The number of carbonyl (C=O) groups is 1. The van der Waals surface area contributed by atoms with Crippen molar-refractivity contribution >= 4 is 5.91 Å². The summed E-state index contributed by atoms with van der Waals surface area (Å²) in [5.74, 6) is -0.383. The summed E-state index contributed by atoms with van der Waals surface area (Å²) in [5.41, 5.74) is 0.697. The maximum absolute atomic E-state index is 12.8. The Balaban J connectivity index is 2.34. The molecule has 0 aliphatic carbocycles. The van der Waals surface area contributed by atoms with Crippen molar-refractivity contribution in [2.24, 2.45) is 0 Å². The first kappa shape index (κ1) is 12.6. The highest BCUT2D eigenvalue weighted by atomic mass is 19.1. The van der Waals surface area contributed by atoms with E-state index in [1.807, 2.05) is 19.0 Å². The first-order valence-corrected chi connectivity index (χ1v) is 5.24. The summed E-state index contributed by atoms with van der Waals surface area (Å²) in [6.07, 6.45) is 0.227. The van der Waals surface area contributed by atoms with Crippen LogP contribution in [0.1, 0.15) is 5.56 Å². The van der Waals surface area contributed by atoms with E-state index in [1.54, 1.807) is 12.1 Å². The normalized spacial score (nSPS) is 10.5. The van der Waals surface area contributed by atoms with E-state index >= 15 is 0 Å². The molecule has 4 heteroatoms. The third kappa shape index (κ3) is 4.89. The number of halogens is 1. The molecular weight excluding hydrogens is 207 g/mol. The van der Waals surface area contributed by atoms with Gasteiger partial charge in [-0.1, -0.05) is 12.1 Å². The second-order valence-corrected chi connectivity index (χ2v) is 3.96. The smallest absolute Gasteiger partial charge is 0.224 e. The fraction of sp³-hybridized carbons (Fsp3) is 0.417. The molecule has 0 aliphatic heterocycles. The maximum Gasteiger partial charge on any atom is 0.224 e. The molecule has 0 bridgehead atoms. The van der Waals surface area contributed by atoms with Crippen LogP contribution in [0, 0.1) is 5.82 Å². The van der Waals surface area contributed by atoms with Crippen LogP contribution in [-0.4, -0.2) is 38.0 Å². The van der Waals surface area contributed by atoms with Crippen LogP contribution in [0.4, 0.5) is 4.39 Å². The van der Waals surface area contributed by atoms with Gasteiger partial charge in [-0.05, 0) is 31.8 Å². The summed E-state index contributed by atoms with van der Waals surface area (Å²) in [6.45, 7) is 1.41. The molecule has 1 aromatic rings. The summed E-state index contributed by atoms with van der Waals surface area (Å²) in [6, 6.07) is 6.10. The van der Waals surface area contributed by atoms with Crippen LogP contribution >= 0.6 is 0 Å². The Morgan fingerprint density at radius 1 is 1.44 bits per heavy atom. The second kappa shape index (κ2) is 6.23. The lowest BCUT2D eigenvalue weighted by Crippen LogP contribution is -2.32. The molecule has 0 saturated heterocycles. The Morgan fingerprint density at radius 3 is 2.81 bits per heavy atom. The van der Waals surface area contributed by atoms with Crippen LogP contribution in [0.25, 0.3) is 0 Å². The summed E-state index contributed by atoms with van der Waals surface area (Å²) in [4.78, 5) is 13.4. The summed E-state index contributed by atoms with van der Waals surface area (Å²) in [5, 5.41) is 2.78. The molecule has 0 aliphatic rings. The number of rotatable bonds is 5. The molecule has 0 atom stereocenters. The number of nitrogens with zero attached hydrogens (tertiary/aromatic N) is 1. The van der Waals surface area contributed by atoms with Crippen molar-refractivity contribution in [2.75, 3.05) is 27.2 Å². The first-order valence-electron chi connectivity index (χ1n) is 5.24. The van der Waals surface area contributed by atoms with E-state index < -0.39 is 0 Å². The van der Waals surface area contributed by atoms with Gasteiger partial charge < -0.3 is 10.2 Å². The van der Waals surface area contributed by atoms with Crippen molar-refractivity contribution in [2.45, 2.75) is 6.42 Å². The van der Waals surface area contributed by atoms with Gasteiger partial charge >= 0.3 is 0 Å². The van der Waals surface area contributed by atoms with Crippen LogP contribution in [0.3, 0.4) is 0 Å². The second-order valence-electron chi connectivity index (χ2n) is 3.96. The Labute approximate surface area is 95.3 Å². The molecule has 0 fully saturated rings. The minimum atomic E-state index is -0.307. The Kier molecular flexibility index (Phi) is 4.92. The van der Waals surface area contributed by atoms with E-state index in [0.717, 1.165) is 6.54 Å². The molecule has 1 aromatic carbocycles. The molecule has 88 valence electrons. The van der Waals surface area contributed by atoms with E-state index in [2.05, 4.69) is 5.32 Å². The van der Waals surface area contributed by atoms with Gasteiger partial charge in [-0.15, -0.1) is 0 Å². The first-order chi connectivity index (χ1) is 7.58. The molecular formula is C12H17FN2O. The highest BCUT2D eigenvalue weighted by molar-refractivity contribution is 5.78. The third-order valence-corrected chi connectivity index (χ3v) is 2.13. The van der Waals surface area contributed by atoms with Gasteiger partial charge in [-0.3, -0.25) is 4.79 Å². The molecule has 1 N–H and O–H groups in total. The van der Waals surface area contributed by atoms with Crippen molar-refractivity contribution < 1.29 is 9.18 Å². The van der Waals surface area contributed by atoms with E-state index in [-0.39, 0.29) is 18.1 Å². The van der Waals surface area contributed by atoms with Crippen LogP contribution in [0.2, 0.25) is 0 Å².